The van der Waals surface area contributed by atoms with Crippen molar-refractivity contribution in [3.05, 3.63) is 15.9 Å². The first-order chi connectivity index (χ1) is 15.2. The summed E-state index contributed by atoms with van der Waals surface area (Å²) in [6.45, 7) is 17.3. The van der Waals surface area contributed by atoms with Crippen LogP contribution in [0.2, 0.25) is 30.1 Å². The SMILES string of the molecule is CCCCC(CC)[CH2][Ge]1([CH2]C(CC)CCCC)[c]2cc(Br)sc2-c2sc([Si](C)(C)C)c[c]21. The van der Waals surface area contributed by atoms with E-state index in [2.05, 4.69) is 86.7 Å². The first-order valence-corrected chi connectivity index (χ1v) is 24.1. The average Bonchev–Trinajstić information content (AvgIpc) is 3.41. The molecule has 2 aromatic rings. The molecule has 1 aliphatic rings. The van der Waals surface area contributed by atoms with Gasteiger partial charge in [-0.1, -0.05) is 0 Å². The van der Waals surface area contributed by atoms with E-state index in [9.17, 15) is 0 Å². The van der Waals surface area contributed by atoms with Crippen LogP contribution in [0.1, 0.15) is 79.1 Å². The molecule has 0 bridgehead atoms. The van der Waals surface area contributed by atoms with Gasteiger partial charge < -0.3 is 0 Å². The monoisotopic (exact) mass is 614 g/mol. The van der Waals surface area contributed by atoms with E-state index >= 15 is 0 Å². The summed E-state index contributed by atoms with van der Waals surface area (Å²) in [5, 5.41) is 3.06. The molecule has 32 heavy (non-hydrogen) atoms. The number of hydrogen-bond donors (Lipinski definition) is 0. The summed E-state index contributed by atoms with van der Waals surface area (Å²) in [4.78, 5) is 3.39. The Kier molecular flexibility index (Phi) is 9.86. The van der Waals surface area contributed by atoms with Crippen LogP contribution < -0.4 is 13.3 Å². The molecular weight excluding hydrogens is 569 g/mol. The molecule has 0 spiro atoms. The van der Waals surface area contributed by atoms with Crippen molar-refractivity contribution in [3.8, 4) is 9.75 Å². The summed E-state index contributed by atoms with van der Waals surface area (Å²) in [6, 6.07) is 5.38. The molecule has 0 saturated carbocycles. The van der Waals surface area contributed by atoms with Crippen molar-refractivity contribution in [2.24, 2.45) is 11.8 Å². The van der Waals surface area contributed by atoms with Crippen LogP contribution in [0.25, 0.3) is 9.75 Å². The van der Waals surface area contributed by atoms with Crippen molar-refractivity contribution in [3.63, 3.8) is 0 Å². The molecule has 0 saturated heterocycles. The summed E-state index contributed by atoms with van der Waals surface area (Å²) < 4.78 is 6.88. The Labute approximate surface area is 218 Å². The summed E-state index contributed by atoms with van der Waals surface area (Å²) in [5.41, 5.74) is 0. The van der Waals surface area contributed by atoms with Gasteiger partial charge in [-0.05, 0) is 0 Å². The molecule has 0 nitrogen and oxygen atoms in total. The average molecular weight is 614 g/mol. The van der Waals surface area contributed by atoms with E-state index in [1.165, 1.54) is 65.7 Å². The van der Waals surface area contributed by atoms with Gasteiger partial charge in [-0.3, -0.25) is 0 Å². The van der Waals surface area contributed by atoms with Crippen LogP contribution in [0.15, 0.2) is 15.9 Å². The van der Waals surface area contributed by atoms with Crippen molar-refractivity contribution in [2.75, 3.05) is 0 Å². The number of rotatable bonds is 13. The van der Waals surface area contributed by atoms with Crippen LogP contribution >= 0.6 is 38.6 Å². The molecule has 0 amide bonds. The molecule has 180 valence electrons. The predicted molar refractivity (Wildman–Crippen MR) is 160 cm³/mol. The van der Waals surface area contributed by atoms with Gasteiger partial charge in [-0.15, -0.1) is 0 Å². The Hall–Kier alpha value is 0.640. The molecule has 3 rings (SSSR count). The summed E-state index contributed by atoms with van der Waals surface area (Å²) in [6.07, 6.45) is 11.1. The van der Waals surface area contributed by atoms with Gasteiger partial charge in [-0.25, -0.2) is 0 Å². The Balaban J connectivity index is 2.14. The second-order valence-electron chi connectivity index (χ2n) is 11.2. The number of hydrogen-bond acceptors (Lipinski definition) is 2. The zero-order chi connectivity index (χ0) is 23.5. The predicted octanol–water partition coefficient (Wildman–Crippen LogP) is 9.09. The number of thiophene rings is 2. The van der Waals surface area contributed by atoms with E-state index in [0.29, 0.717) is 0 Å². The van der Waals surface area contributed by atoms with Crippen molar-refractivity contribution in [1.29, 1.82) is 0 Å². The van der Waals surface area contributed by atoms with Crippen molar-refractivity contribution in [1.82, 2.24) is 0 Å². The molecular formula is C27H45BrGeS2Si. The third-order valence-corrected chi connectivity index (χ3v) is 26.4. The second-order valence-corrected chi connectivity index (χ2v) is 28.6. The minimum atomic E-state index is -2.46. The molecule has 1 aliphatic heterocycles. The zero-order valence-corrected chi connectivity index (χ0v) is 27.9. The number of halogens is 1. The van der Waals surface area contributed by atoms with E-state index in [1.807, 2.05) is 20.1 Å². The molecule has 2 unspecified atom stereocenters. The van der Waals surface area contributed by atoms with Crippen LogP contribution in [-0.2, 0) is 0 Å². The molecule has 0 N–H and O–H groups in total. The Bertz CT molecular complexity index is 861. The fraction of sp³-hybridized carbons (Fsp3) is 0.704. The van der Waals surface area contributed by atoms with Crippen LogP contribution in [0, 0.1) is 11.8 Å². The van der Waals surface area contributed by atoms with Crippen LogP contribution in [0.5, 0.6) is 0 Å². The van der Waals surface area contributed by atoms with E-state index in [4.69, 9.17) is 0 Å². The first-order valence-electron chi connectivity index (χ1n) is 13.1. The fourth-order valence-corrected chi connectivity index (χ4v) is 27.7. The Morgan fingerprint density at radius 2 is 1.31 bits per heavy atom. The molecule has 0 aromatic carbocycles. The summed E-state index contributed by atoms with van der Waals surface area (Å²) >= 11 is 5.69. The van der Waals surface area contributed by atoms with E-state index < -0.39 is 21.3 Å². The van der Waals surface area contributed by atoms with Crippen LogP contribution in [0.3, 0.4) is 0 Å². The van der Waals surface area contributed by atoms with Crippen LogP contribution in [-0.4, -0.2) is 21.3 Å². The van der Waals surface area contributed by atoms with Gasteiger partial charge in [0.05, 0.1) is 0 Å². The van der Waals surface area contributed by atoms with E-state index in [1.54, 1.807) is 14.3 Å². The third kappa shape index (κ3) is 5.71. The topological polar surface area (TPSA) is 0 Å². The zero-order valence-electron chi connectivity index (χ0n) is 21.6. The van der Waals surface area contributed by atoms with Crippen molar-refractivity contribution >= 4 is 73.2 Å². The number of fused-ring (bicyclic) bond motifs is 3. The van der Waals surface area contributed by atoms with Crippen molar-refractivity contribution in [2.45, 2.75) is 109 Å². The van der Waals surface area contributed by atoms with Crippen molar-refractivity contribution < 1.29 is 0 Å². The first kappa shape index (κ1) is 27.2. The molecule has 0 aliphatic carbocycles. The molecule has 0 radical (unpaired) electrons. The number of unbranched alkanes of at least 4 members (excludes halogenated alkanes) is 2. The Morgan fingerprint density at radius 3 is 1.78 bits per heavy atom. The maximum atomic E-state index is 3.92. The van der Waals surface area contributed by atoms with Gasteiger partial charge in [0.15, 0.2) is 0 Å². The maximum absolute atomic E-state index is 3.92. The van der Waals surface area contributed by atoms with E-state index in [-0.39, 0.29) is 0 Å². The molecule has 5 heteroatoms. The standard InChI is InChI=1S/C27H45BrGeS2Si/c1-8-12-14-20(10-3)18-29(19-21(11-4)15-13-9-2)22-16-24(28)30-26(22)27-23(29)17-25(31-27)32(5,6)7/h16-17,20-21H,8-15,18-19H2,1-7H3. The molecule has 3 heterocycles. The van der Waals surface area contributed by atoms with Gasteiger partial charge in [0, 0.05) is 0 Å². The van der Waals surface area contributed by atoms with Crippen LogP contribution in [0.4, 0.5) is 0 Å². The Morgan fingerprint density at radius 1 is 0.812 bits per heavy atom. The second kappa shape index (κ2) is 11.6. The molecule has 2 atom stereocenters. The van der Waals surface area contributed by atoms with Gasteiger partial charge in [0.25, 0.3) is 0 Å². The third-order valence-electron chi connectivity index (χ3n) is 7.77. The van der Waals surface area contributed by atoms with Gasteiger partial charge in [-0.2, -0.15) is 0 Å². The van der Waals surface area contributed by atoms with E-state index in [0.717, 1.165) is 11.8 Å². The summed E-state index contributed by atoms with van der Waals surface area (Å²) in [5.74, 6) is 1.82. The quantitative estimate of drug-likeness (QED) is 0.198. The molecule has 0 fully saturated rings. The normalized spacial score (nSPS) is 19.8. The van der Waals surface area contributed by atoms with Gasteiger partial charge in [0.2, 0.25) is 0 Å². The minimum absolute atomic E-state index is 0.909. The molecule has 2 aromatic heterocycles. The fourth-order valence-electron chi connectivity index (χ4n) is 5.71. The van der Waals surface area contributed by atoms with Gasteiger partial charge >= 0.3 is 220 Å². The van der Waals surface area contributed by atoms with Gasteiger partial charge in [0.1, 0.15) is 0 Å². The summed E-state index contributed by atoms with van der Waals surface area (Å²) in [7, 11) is -1.30.